The topological polar surface area (TPSA) is 157 Å². The fraction of sp³-hybridized carbons (Fsp3) is 0.310. The minimum Gasteiger partial charge on any atom is -0.476 e. The molecule has 5 rings (SSSR count). The zero-order valence-electron chi connectivity index (χ0n) is 22.9. The first kappa shape index (κ1) is 28.7. The first-order valence-electron chi connectivity index (χ1n) is 13.1. The van der Waals surface area contributed by atoms with Gasteiger partial charge in [-0.15, -0.1) is 11.3 Å². The van der Waals surface area contributed by atoms with Crippen LogP contribution in [0.5, 0.6) is 0 Å². The van der Waals surface area contributed by atoms with Crippen LogP contribution in [0.2, 0.25) is 0 Å². The number of aromatic nitrogens is 3. The highest BCUT2D eigenvalue weighted by atomic mass is 32.2. The number of thiazole rings is 1. The number of carbonyl (C=O) groups excluding carboxylic acids is 1. The van der Waals surface area contributed by atoms with Crippen molar-refractivity contribution in [3.05, 3.63) is 82.0 Å². The van der Waals surface area contributed by atoms with Crippen molar-refractivity contribution >= 4 is 33.2 Å². The molecule has 1 aliphatic carbocycles. The molecule has 41 heavy (non-hydrogen) atoms. The van der Waals surface area contributed by atoms with Gasteiger partial charge in [-0.25, -0.2) is 28.0 Å². The number of carboxylic acids is 1. The number of nitrogens with two attached hydrogens (primary N) is 1. The molecular weight excluding hydrogens is 562 g/mol. The van der Waals surface area contributed by atoms with Crippen molar-refractivity contribution in [2.45, 2.75) is 56.9 Å². The van der Waals surface area contributed by atoms with Gasteiger partial charge in [-0.2, -0.15) is 5.10 Å². The van der Waals surface area contributed by atoms with Crippen LogP contribution in [0.4, 0.5) is 0 Å². The number of nitrogens with one attached hydrogen (secondary N) is 1. The Kier molecular flexibility index (Phi) is 7.58. The minimum atomic E-state index is -3.83. The highest BCUT2D eigenvalue weighted by Gasteiger charge is 2.29. The van der Waals surface area contributed by atoms with Gasteiger partial charge < -0.3 is 10.4 Å². The number of rotatable bonds is 9. The van der Waals surface area contributed by atoms with E-state index in [-0.39, 0.29) is 16.5 Å². The fourth-order valence-corrected chi connectivity index (χ4v) is 5.84. The Morgan fingerprint density at radius 3 is 2.44 bits per heavy atom. The third kappa shape index (κ3) is 6.72. The summed E-state index contributed by atoms with van der Waals surface area (Å²) >= 11 is 1.20. The molecule has 4 aromatic rings. The van der Waals surface area contributed by atoms with E-state index < -0.39 is 21.5 Å². The number of sulfonamides is 1. The van der Waals surface area contributed by atoms with E-state index in [2.05, 4.69) is 10.3 Å². The van der Waals surface area contributed by atoms with Gasteiger partial charge in [0.2, 0.25) is 15.2 Å². The Morgan fingerprint density at radius 2 is 1.85 bits per heavy atom. The standard InChI is InChI=1S/C29H31N5O5S2/c1-29(2,3)32-26(35)20-6-4-5-19(15-20)25-22(13-17-9-11-21(12-10-17)41(30,38)39)24(14-18-7-8-18)34(33-25)28-31-23(16-40-28)27(36)37/h4-6,9-12,15-16,18H,7-8,13-14H2,1-3H3,(H,32,35)(H,36,37)(H2,30,38,39). The number of carbonyl (C=O) groups is 2. The molecule has 0 radical (unpaired) electrons. The molecule has 2 heterocycles. The summed E-state index contributed by atoms with van der Waals surface area (Å²) in [5.74, 6) is -0.843. The van der Waals surface area contributed by atoms with Crippen molar-refractivity contribution in [2.75, 3.05) is 0 Å². The lowest BCUT2D eigenvalue weighted by Gasteiger charge is -2.20. The van der Waals surface area contributed by atoms with Gasteiger partial charge in [-0.1, -0.05) is 24.3 Å². The molecule has 1 saturated carbocycles. The van der Waals surface area contributed by atoms with Gasteiger partial charge in [-0.05, 0) is 75.8 Å². The van der Waals surface area contributed by atoms with Crippen LogP contribution in [0.3, 0.4) is 0 Å². The number of benzene rings is 2. The summed E-state index contributed by atoms with van der Waals surface area (Å²) < 4.78 is 25.3. The van der Waals surface area contributed by atoms with Crippen molar-refractivity contribution in [1.29, 1.82) is 0 Å². The van der Waals surface area contributed by atoms with Crippen LogP contribution in [-0.2, 0) is 22.9 Å². The van der Waals surface area contributed by atoms with E-state index in [1.807, 2.05) is 32.9 Å². The molecule has 0 atom stereocenters. The summed E-state index contributed by atoms with van der Waals surface area (Å²) in [6.07, 6.45) is 3.33. The third-order valence-electron chi connectivity index (χ3n) is 6.68. The molecule has 1 aliphatic rings. The first-order chi connectivity index (χ1) is 19.3. The number of amides is 1. The number of aromatic carboxylic acids is 1. The number of hydrogen-bond donors (Lipinski definition) is 3. The van der Waals surface area contributed by atoms with Gasteiger partial charge in [0.25, 0.3) is 5.91 Å². The molecule has 0 spiro atoms. The van der Waals surface area contributed by atoms with Gasteiger partial charge in [0.1, 0.15) is 0 Å². The van der Waals surface area contributed by atoms with Crippen molar-refractivity contribution in [2.24, 2.45) is 11.1 Å². The van der Waals surface area contributed by atoms with Crippen molar-refractivity contribution in [1.82, 2.24) is 20.1 Å². The summed E-state index contributed by atoms with van der Waals surface area (Å²) in [4.78, 5) is 28.9. The Labute approximate surface area is 242 Å². The van der Waals surface area contributed by atoms with Gasteiger partial charge in [0.15, 0.2) is 5.69 Å². The average Bonchev–Trinajstić information content (AvgIpc) is 3.45. The smallest absolute Gasteiger partial charge is 0.355 e. The second-order valence-corrected chi connectivity index (χ2v) is 13.7. The van der Waals surface area contributed by atoms with Crippen molar-refractivity contribution < 1.29 is 23.1 Å². The molecule has 1 fully saturated rings. The maximum Gasteiger partial charge on any atom is 0.355 e. The van der Waals surface area contributed by atoms with E-state index in [9.17, 15) is 23.1 Å². The van der Waals surface area contributed by atoms with Crippen molar-refractivity contribution in [3.63, 3.8) is 0 Å². The first-order valence-corrected chi connectivity index (χ1v) is 15.6. The monoisotopic (exact) mass is 593 g/mol. The van der Waals surface area contributed by atoms with Crippen LogP contribution < -0.4 is 10.5 Å². The number of nitrogens with zero attached hydrogens (tertiary/aromatic N) is 3. The largest absolute Gasteiger partial charge is 0.476 e. The second-order valence-electron chi connectivity index (χ2n) is 11.3. The zero-order valence-corrected chi connectivity index (χ0v) is 24.6. The predicted octanol–water partition coefficient (Wildman–Crippen LogP) is 4.41. The van der Waals surface area contributed by atoms with E-state index in [4.69, 9.17) is 10.2 Å². The quantitative estimate of drug-likeness (QED) is 0.259. The molecule has 1 amide bonds. The molecular formula is C29H31N5O5S2. The SMILES string of the molecule is CC(C)(C)NC(=O)c1cccc(-c2nn(-c3nc(C(=O)O)cs3)c(CC3CC3)c2Cc2ccc(S(N)(=O)=O)cc2)c1. The summed E-state index contributed by atoms with van der Waals surface area (Å²) in [5.41, 5.74) is 4.06. The molecule has 0 saturated heterocycles. The average molecular weight is 594 g/mol. The molecule has 12 heteroatoms. The fourth-order valence-electron chi connectivity index (χ4n) is 4.55. The molecule has 0 unspecified atom stereocenters. The van der Waals surface area contributed by atoms with E-state index in [1.54, 1.807) is 28.9 Å². The Balaban J connectivity index is 1.65. The molecule has 214 valence electrons. The number of carboxylic acid groups (broad SMARTS) is 1. The Bertz CT molecular complexity index is 1730. The van der Waals surface area contributed by atoms with Crippen LogP contribution in [0.15, 0.2) is 58.8 Å². The normalized spacial score (nSPS) is 13.8. The van der Waals surface area contributed by atoms with E-state index >= 15 is 0 Å². The summed E-state index contributed by atoms with van der Waals surface area (Å²) in [6, 6.07) is 13.6. The molecule has 0 aliphatic heterocycles. The maximum atomic E-state index is 13.0. The van der Waals surface area contributed by atoms with Gasteiger partial charge >= 0.3 is 5.97 Å². The van der Waals surface area contributed by atoms with Gasteiger partial charge in [-0.3, -0.25) is 4.79 Å². The predicted molar refractivity (Wildman–Crippen MR) is 156 cm³/mol. The van der Waals surface area contributed by atoms with Crippen LogP contribution in [0, 0.1) is 5.92 Å². The number of primary sulfonamides is 1. The van der Waals surface area contributed by atoms with Gasteiger partial charge in [0, 0.05) is 34.0 Å². The lowest BCUT2D eigenvalue weighted by Crippen LogP contribution is -2.40. The molecule has 2 aromatic heterocycles. The molecule has 10 nitrogen and oxygen atoms in total. The zero-order chi connectivity index (χ0) is 29.5. The lowest BCUT2D eigenvalue weighted by molar-refractivity contribution is 0.0691. The number of hydrogen-bond acceptors (Lipinski definition) is 7. The van der Waals surface area contributed by atoms with E-state index in [0.29, 0.717) is 28.7 Å². The van der Waals surface area contributed by atoms with Crippen LogP contribution in [0.1, 0.15) is 71.3 Å². The van der Waals surface area contributed by atoms with Crippen LogP contribution in [0.25, 0.3) is 16.4 Å². The van der Waals surface area contributed by atoms with E-state index in [1.165, 1.54) is 28.8 Å². The molecule has 4 N–H and O–H groups in total. The summed E-state index contributed by atoms with van der Waals surface area (Å²) in [7, 11) is -3.83. The Morgan fingerprint density at radius 1 is 1.15 bits per heavy atom. The third-order valence-corrected chi connectivity index (χ3v) is 8.43. The highest BCUT2D eigenvalue weighted by molar-refractivity contribution is 7.89. The van der Waals surface area contributed by atoms with E-state index in [0.717, 1.165) is 41.6 Å². The maximum absolute atomic E-state index is 13.0. The highest BCUT2D eigenvalue weighted by Crippen LogP contribution is 2.38. The van der Waals surface area contributed by atoms with Crippen LogP contribution >= 0.6 is 11.3 Å². The lowest BCUT2D eigenvalue weighted by atomic mass is 9.96. The second kappa shape index (κ2) is 10.8. The summed E-state index contributed by atoms with van der Waals surface area (Å²) in [6.45, 7) is 5.75. The van der Waals surface area contributed by atoms with Crippen LogP contribution in [-0.4, -0.2) is 45.7 Å². The van der Waals surface area contributed by atoms with Crippen molar-refractivity contribution in [3.8, 4) is 16.4 Å². The summed E-state index contributed by atoms with van der Waals surface area (Å²) in [5, 5.41) is 24.6. The Hall–Kier alpha value is -3.87. The minimum absolute atomic E-state index is 0.0249. The molecule has 2 aromatic carbocycles. The van der Waals surface area contributed by atoms with Gasteiger partial charge in [0.05, 0.1) is 16.3 Å². The molecule has 0 bridgehead atoms.